The van der Waals surface area contributed by atoms with Crippen molar-refractivity contribution < 1.29 is 19.1 Å². The van der Waals surface area contributed by atoms with Gasteiger partial charge < -0.3 is 9.47 Å². The molecule has 1 aromatic carbocycles. The Morgan fingerprint density at radius 2 is 1.79 bits per heavy atom. The highest BCUT2D eigenvalue weighted by Gasteiger charge is 2.36. The number of benzene rings is 1. The number of hydroxylamine groups is 2. The van der Waals surface area contributed by atoms with Crippen molar-refractivity contribution in [2.45, 2.75) is 58.3 Å². The van der Waals surface area contributed by atoms with E-state index in [0.717, 1.165) is 42.7 Å². The summed E-state index contributed by atoms with van der Waals surface area (Å²) < 4.78 is 11.5. The molecule has 156 valence electrons. The fraction of sp³-hybridized carbons (Fsp3) is 0.609. The second-order valence-corrected chi connectivity index (χ2v) is 7.57. The van der Waals surface area contributed by atoms with E-state index in [-0.39, 0.29) is 17.7 Å². The molecule has 0 spiro atoms. The predicted molar refractivity (Wildman–Crippen MR) is 112 cm³/mol. The lowest BCUT2D eigenvalue weighted by Gasteiger charge is -2.33. The highest BCUT2D eigenvalue weighted by Crippen LogP contribution is 2.45. The molecule has 2 atom stereocenters. The molecule has 28 heavy (non-hydrogen) atoms. The number of carbonyl (C=O) groups is 1. The first-order valence-corrected chi connectivity index (χ1v) is 10.2. The predicted octanol–water partition coefficient (Wildman–Crippen LogP) is 4.90. The quantitative estimate of drug-likeness (QED) is 0.342. The number of methoxy groups -OCH3 is 2. The van der Waals surface area contributed by atoms with E-state index in [1.807, 2.05) is 0 Å². The third kappa shape index (κ3) is 5.07. The first-order chi connectivity index (χ1) is 13.5. The van der Waals surface area contributed by atoms with Crippen molar-refractivity contribution in [3.05, 3.63) is 34.9 Å². The van der Waals surface area contributed by atoms with Gasteiger partial charge >= 0.3 is 0 Å². The van der Waals surface area contributed by atoms with Crippen LogP contribution in [0.15, 0.2) is 23.8 Å². The van der Waals surface area contributed by atoms with Crippen molar-refractivity contribution >= 4 is 5.91 Å². The van der Waals surface area contributed by atoms with E-state index in [1.165, 1.54) is 36.2 Å². The first kappa shape index (κ1) is 22.3. The van der Waals surface area contributed by atoms with Gasteiger partial charge in [0.15, 0.2) is 0 Å². The number of ether oxygens (including phenoxy) is 2. The van der Waals surface area contributed by atoms with Crippen LogP contribution in [-0.4, -0.2) is 39.3 Å². The summed E-state index contributed by atoms with van der Waals surface area (Å²) in [4.78, 5) is 18.1. The molecule has 0 bridgehead atoms. The van der Waals surface area contributed by atoms with Crippen LogP contribution >= 0.6 is 0 Å². The number of allylic oxidation sites excluding steroid dienone is 2. The van der Waals surface area contributed by atoms with Crippen molar-refractivity contribution in [1.82, 2.24) is 5.06 Å². The summed E-state index contributed by atoms with van der Waals surface area (Å²) in [7, 11) is 6.55. The molecule has 0 heterocycles. The van der Waals surface area contributed by atoms with Gasteiger partial charge in [-0.1, -0.05) is 31.4 Å². The maximum Gasteiger partial charge on any atom is 0.249 e. The molecule has 0 saturated carbocycles. The zero-order valence-electron chi connectivity index (χ0n) is 18.2. The van der Waals surface area contributed by atoms with Gasteiger partial charge in [-0.2, -0.15) is 0 Å². The van der Waals surface area contributed by atoms with E-state index in [1.54, 1.807) is 21.3 Å². The Morgan fingerprint density at radius 1 is 1.14 bits per heavy atom. The number of nitrogens with zero attached hydrogens (tertiary/aromatic N) is 1. The van der Waals surface area contributed by atoms with E-state index in [9.17, 15) is 4.79 Å². The standard InChI is InChI=1S/C23H35NO4/c1-7-8-9-10-17-14-20(26-4)22(21(15-17)27-5)19-13-16(2)11-12-18(19)23(25)24(3)28-6/h13-15,18-19H,7-12H2,1-6H3/t18-,19-/m1/s1. The molecular weight excluding hydrogens is 354 g/mol. The Hall–Kier alpha value is -2.01. The molecule has 0 saturated heterocycles. The Morgan fingerprint density at radius 3 is 2.32 bits per heavy atom. The molecule has 0 aliphatic heterocycles. The van der Waals surface area contributed by atoms with E-state index in [2.05, 4.69) is 32.1 Å². The Kier molecular flexibility index (Phi) is 8.36. The average molecular weight is 390 g/mol. The number of rotatable bonds is 9. The van der Waals surface area contributed by atoms with Gasteiger partial charge in [-0.3, -0.25) is 9.63 Å². The molecular formula is C23H35NO4. The Balaban J connectivity index is 2.48. The highest BCUT2D eigenvalue weighted by molar-refractivity contribution is 5.80. The van der Waals surface area contributed by atoms with Crippen molar-refractivity contribution in [3.63, 3.8) is 0 Å². The molecule has 0 N–H and O–H groups in total. The van der Waals surface area contributed by atoms with Crippen LogP contribution in [0, 0.1) is 5.92 Å². The number of hydrogen-bond acceptors (Lipinski definition) is 4. The van der Waals surface area contributed by atoms with Crippen molar-refractivity contribution in [2.24, 2.45) is 5.92 Å². The van der Waals surface area contributed by atoms with Gasteiger partial charge in [0.25, 0.3) is 0 Å². The van der Waals surface area contributed by atoms with Gasteiger partial charge in [0.2, 0.25) is 5.91 Å². The lowest BCUT2D eigenvalue weighted by molar-refractivity contribution is -0.174. The monoisotopic (exact) mass is 389 g/mol. The number of aryl methyl sites for hydroxylation is 1. The summed E-state index contributed by atoms with van der Waals surface area (Å²) in [5, 5.41) is 1.32. The summed E-state index contributed by atoms with van der Waals surface area (Å²) in [6.07, 6.45) is 8.41. The summed E-state index contributed by atoms with van der Waals surface area (Å²) in [6.45, 7) is 4.32. The third-order valence-corrected chi connectivity index (χ3v) is 5.65. The second kappa shape index (κ2) is 10.5. The number of carbonyl (C=O) groups excluding carboxylic acids is 1. The molecule has 5 nitrogen and oxygen atoms in total. The molecule has 0 unspecified atom stereocenters. The van der Waals surface area contributed by atoms with E-state index < -0.39 is 0 Å². The fourth-order valence-electron chi connectivity index (χ4n) is 4.00. The minimum absolute atomic E-state index is 0.0209. The van der Waals surface area contributed by atoms with Gasteiger partial charge in [-0.05, 0) is 50.3 Å². The molecule has 1 aliphatic carbocycles. The SMILES string of the molecule is CCCCCc1cc(OC)c([C@@H]2C=C(C)CC[C@H]2C(=O)N(C)OC)c(OC)c1. The smallest absolute Gasteiger partial charge is 0.249 e. The molecule has 0 aromatic heterocycles. The Labute approximate surface area is 169 Å². The average Bonchev–Trinajstić information content (AvgIpc) is 2.71. The summed E-state index contributed by atoms with van der Waals surface area (Å²) >= 11 is 0. The number of hydrogen-bond donors (Lipinski definition) is 0. The molecule has 1 aromatic rings. The van der Waals surface area contributed by atoms with Crippen LogP contribution in [0.3, 0.4) is 0 Å². The van der Waals surface area contributed by atoms with E-state index in [0.29, 0.717) is 0 Å². The van der Waals surface area contributed by atoms with Gasteiger partial charge in [0.1, 0.15) is 11.5 Å². The van der Waals surface area contributed by atoms with Crippen molar-refractivity contribution in [2.75, 3.05) is 28.4 Å². The zero-order valence-corrected chi connectivity index (χ0v) is 18.2. The van der Waals surface area contributed by atoms with Gasteiger partial charge in [-0.25, -0.2) is 5.06 Å². The second-order valence-electron chi connectivity index (χ2n) is 7.57. The zero-order chi connectivity index (χ0) is 20.7. The lowest BCUT2D eigenvalue weighted by Crippen LogP contribution is -2.36. The minimum atomic E-state index is -0.206. The molecule has 1 amide bonds. The summed E-state index contributed by atoms with van der Waals surface area (Å²) in [5.41, 5.74) is 3.44. The maximum absolute atomic E-state index is 13.0. The largest absolute Gasteiger partial charge is 0.496 e. The summed E-state index contributed by atoms with van der Waals surface area (Å²) in [5.74, 6) is 1.25. The van der Waals surface area contributed by atoms with Gasteiger partial charge in [0.05, 0.1) is 27.2 Å². The van der Waals surface area contributed by atoms with Crippen LogP contribution in [0.5, 0.6) is 11.5 Å². The van der Waals surface area contributed by atoms with Crippen molar-refractivity contribution in [1.29, 1.82) is 0 Å². The maximum atomic E-state index is 13.0. The number of unbranched alkanes of at least 4 members (excludes halogenated alkanes) is 2. The normalized spacial score (nSPS) is 19.1. The highest BCUT2D eigenvalue weighted by atomic mass is 16.7. The van der Waals surface area contributed by atoms with E-state index in [4.69, 9.17) is 14.3 Å². The number of amides is 1. The minimum Gasteiger partial charge on any atom is -0.496 e. The van der Waals surface area contributed by atoms with Gasteiger partial charge in [-0.15, -0.1) is 0 Å². The van der Waals surface area contributed by atoms with Crippen LogP contribution in [0.2, 0.25) is 0 Å². The van der Waals surface area contributed by atoms with Gasteiger partial charge in [0, 0.05) is 18.5 Å². The lowest BCUT2D eigenvalue weighted by atomic mass is 9.75. The van der Waals surface area contributed by atoms with Crippen molar-refractivity contribution in [3.8, 4) is 11.5 Å². The fourth-order valence-corrected chi connectivity index (χ4v) is 4.00. The molecule has 0 fully saturated rings. The van der Waals surface area contributed by atoms with Crippen LogP contribution in [0.1, 0.15) is 63.0 Å². The topological polar surface area (TPSA) is 48.0 Å². The molecule has 5 heteroatoms. The van der Waals surface area contributed by atoms with Crippen LogP contribution in [0.4, 0.5) is 0 Å². The Bertz CT molecular complexity index is 673. The van der Waals surface area contributed by atoms with Crippen LogP contribution < -0.4 is 9.47 Å². The molecule has 1 aliphatic rings. The third-order valence-electron chi connectivity index (χ3n) is 5.65. The van der Waals surface area contributed by atoms with Crippen LogP contribution in [0.25, 0.3) is 0 Å². The van der Waals surface area contributed by atoms with Crippen LogP contribution in [-0.2, 0) is 16.1 Å². The van der Waals surface area contributed by atoms with E-state index >= 15 is 0 Å². The summed E-state index contributed by atoms with van der Waals surface area (Å²) in [6, 6.07) is 4.21. The molecule has 0 radical (unpaired) electrons. The molecule has 2 rings (SSSR count). The first-order valence-electron chi connectivity index (χ1n) is 10.2.